The zero-order valence-corrected chi connectivity index (χ0v) is 14.1. The van der Waals surface area contributed by atoms with Crippen molar-refractivity contribution in [1.82, 2.24) is 10.6 Å². The van der Waals surface area contributed by atoms with E-state index in [4.69, 9.17) is 0 Å². The number of guanidine groups is 1. The van der Waals surface area contributed by atoms with Crippen molar-refractivity contribution in [1.29, 1.82) is 0 Å². The number of rotatable bonds is 6. The fourth-order valence-electron chi connectivity index (χ4n) is 1.96. The summed E-state index contributed by atoms with van der Waals surface area (Å²) in [5, 5.41) is 6.74. The molecule has 0 fully saturated rings. The van der Waals surface area contributed by atoms with Crippen molar-refractivity contribution in [3.05, 3.63) is 35.4 Å². The highest BCUT2D eigenvalue weighted by atomic mass is 32.2. The fourth-order valence-corrected chi connectivity index (χ4v) is 2.27. The first-order valence-corrected chi connectivity index (χ1v) is 8.39. The molecule has 2 N–H and O–H groups in total. The molecule has 0 amide bonds. The van der Waals surface area contributed by atoms with Crippen molar-refractivity contribution in [2.75, 3.05) is 32.1 Å². The summed E-state index contributed by atoms with van der Waals surface area (Å²) in [5.74, 6) is 1.96. The molecule has 1 aromatic carbocycles. The van der Waals surface area contributed by atoms with Crippen LogP contribution < -0.4 is 10.6 Å². The molecule has 1 rings (SSSR count). The number of aryl methyl sites for hydroxylation is 1. The molecule has 0 radical (unpaired) electrons. The standard InChI is InChI=1S/C16H27N3S/c1-13-7-6-8-14(11-13)16(2,3)12-19-15(17-4)18-9-10-20-5/h6-8,11H,9-10,12H2,1-5H3,(H2,17,18,19). The quantitative estimate of drug-likeness (QED) is 0.481. The van der Waals surface area contributed by atoms with E-state index < -0.39 is 0 Å². The van der Waals surface area contributed by atoms with Crippen LogP contribution in [0.1, 0.15) is 25.0 Å². The first-order chi connectivity index (χ1) is 9.49. The number of hydrogen-bond donors (Lipinski definition) is 2. The molecule has 0 unspecified atom stereocenters. The van der Waals surface area contributed by atoms with Crippen molar-refractivity contribution >= 4 is 17.7 Å². The summed E-state index contributed by atoms with van der Waals surface area (Å²) in [5.41, 5.74) is 2.73. The van der Waals surface area contributed by atoms with Gasteiger partial charge in [-0.2, -0.15) is 11.8 Å². The minimum atomic E-state index is 0.0726. The first kappa shape index (κ1) is 16.9. The maximum Gasteiger partial charge on any atom is 0.191 e. The Morgan fingerprint density at radius 2 is 2.05 bits per heavy atom. The Balaban J connectivity index is 2.58. The number of hydrogen-bond acceptors (Lipinski definition) is 2. The van der Waals surface area contributed by atoms with Gasteiger partial charge in [-0.05, 0) is 18.7 Å². The lowest BCUT2D eigenvalue weighted by Gasteiger charge is -2.27. The van der Waals surface area contributed by atoms with Gasteiger partial charge in [0.1, 0.15) is 0 Å². The highest BCUT2D eigenvalue weighted by molar-refractivity contribution is 7.98. The number of aliphatic imine (C=N–C) groups is 1. The molecule has 0 bridgehead atoms. The minimum absolute atomic E-state index is 0.0726. The summed E-state index contributed by atoms with van der Waals surface area (Å²) in [7, 11) is 1.81. The topological polar surface area (TPSA) is 36.4 Å². The van der Waals surface area contributed by atoms with E-state index in [2.05, 4.69) is 66.9 Å². The van der Waals surface area contributed by atoms with Crippen LogP contribution in [0.2, 0.25) is 0 Å². The van der Waals surface area contributed by atoms with Crippen molar-refractivity contribution in [2.24, 2.45) is 4.99 Å². The number of benzene rings is 1. The Morgan fingerprint density at radius 1 is 1.30 bits per heavy atom. The maximum atomic E-state index is 4.26. The lowest BCUT2D eigenvalue weighted by molar-refractivity contribution is 0.509. The Morgan fingerprint density at radius 3 is 2.65 bits per heavy atom. The van der Waals surface area contributed by atoms with Crippen molar-refractivity contribution in [3.63, 3.8) is 0 Å². The minimum Gasteiger partial charge on any atom is -0.356 e. The lowest BCUT2D eigenvalue weighted by Crippen LogP contribution is -2.44. The van der Waals surface area contributed by atoms with Crippen molar-refractivity contribution in [3.8, 4) is 0 Å². The Labute approximate surface area is 127 Å². The molecule has 0 aromatic heterocycles. The highest BCUT2D eigenvalue weighted by Crippen LogP contribution is 2.22. The molecule has 3 nitrogen and oxygen atoms in total. The molecule has 0 saturated carbocycles. The van der Waals surface area contributed by atoms with Gasteiger partial charge >= 0.3 is 0 Å². The van der Waals surface area contributed by atoms with Crippen LogP contribution in [-0.4, -0.2) is 38.1 Å². The number of thioether (sulfide) groups is 1. The van der Waals surface area contributed by atoms with Crippen molar-refractivity contribution < 1.29 is 0 Å². The zero-order valence-electron chi connectivity index (χ0n) is 13.3. The van der Waals surface area contributed by atoms with Crippen LogP contribution in [0.25, 0.3) is 0 Å². The summed E-state index contributed by atoms with van der Waals surface area (Å²) in [4.78, 5) is 4.26. The van der Waals surface area contributed by atoms with Crippen LogP contribution in [0.3, 0.4) is 0 Å². The molecule has 0 heterocycles. The van der Waals surface area contributed by atoms with Gasteiger partial charge in [0, 0.05) is 31.3 Å². The normalized spacial score (nSPS) is 12.3. The van der Waals surface area contributed by atoms with E-state index in [1.54, 1.807) is 0 Å². The molecular formula is C16H27N3S. The molecule has 4 heteroatoms. The van der Waals surface area contributed by atoms with E-state index in [9.17, 15) is 0 Å². The van der Waals surface area contributed by atoms with Gasteiger partial charge in [-0.1, -0.05) is 43.7 Å². The Bertz CT molecular complexity index is 441. The second kappa shape index (κ2) is 8.20. The number of nitrogens with one attached hydrogen (secondary N) is 2. The first-order valence-electron chi connectivity index (χ1n) is 7.00. The molecule has 1 aromatic rings. The molecule has 0 saturated heterocycles. The van der Waals surface area contributed by atoms with Crippen LogP contribution in [0.4, 0.5) is 0 Å². The predicted octanol–water partition coefficient (Wildman–Crippen LogP) is 2.80. The molecule has 0 aliphatic heterocycles. The molecule has 0 aliphatic rings. The smallest absolute Gasteiger partial charge is 0.191 e. The Kier molecular flexibility index (Phi) is 6.93. The molecule has 20 heavy (non-hydrogen) atoms. The van der Waals surface area contributed by atoms with Crippen LogP contribution in [0, 0.1) is 6.92 Å². The van der Waals surface area contributed by atoms with Gasteiger partial charge in [-0.25, -0.2) is 0 Å². The summed E-state index contributed by atoms with van der Waals surface area (Å²) >= 11 is 1.83. The number of nitrogens with zero attached hydrogens (tertiary/aromatic N) is 1. The molecule has 112 valence electrons. The highest BCUT2D eigenvalue weighted by Gasteiger charge is 2.20. The summed E-state index contributed by atoms with van der Waals surface area (Å²) in [6.45, 7) is 8.44. The fraction of sp³-hybridized carbons (Fsp3) is 0.562. The van der Waals surface area contributed by atoms with Gasteiger partial charge in [0.15, 0.2) is 5.96 Å². The predicted molar refractivity (Wildman–Crippen MR) is 92.0 cm³/mol. The second-order valence-corrected chi connectivity index (χ2v) is 6.58. The van der Waals surface area contributed by atoms with Gasteiger partial charge in [-0.15, -0.1) is 0 Å². The monoisotopic (exact) mass is 293 g/mol. The maximum absolute atomic E-state index is 4.26. The summed E-state index contributed by atoms with van der Waals surface area (Å²) in [6.07, 6.45) is 2.11. The molecule has 0 atom stereocenters. The summed E-state index contributed by atoms with van der Waals surface area (Å²) in [6, 6.07) is 8.71. The largest absolute Gasteiger partial charge is 0.356 e. The molecule has 0 aliphatic carbocycles. The molecule has 0 spiro atoms. The van der Waals surface area contributed by atoms with Crippen molar-refractivity contribution in [2.45, 2.75) is 26.2 Å². The van der Waals surface area contributed by atoms with E-state index in [-0.39, 0.29) is 5.41 Å². The van der Waals surface area contributed by atoms with Gasteiger partial charge in [0.25, 0.3) is 0 Å². The third-order valence-electron chi connectivity index (χ3n) is 3.32. The third-order valence-corrected chi connectivity index (χ3v) is 3.93. The Hall–Kier alpha value is -1.16. The van der Waals surface area contributed by atoms with E-state index in [0.717, 1.165) is 24.8 Å². The van der Waals surface area contributed by atoms with Crippen LogP contribution in [0.15, 0.2) is 29.3 Å². The third kappa shape index (κ3) is 5.45. The zero-order chi connectivity index (χ0) is 15.0. The van der Waals surface area contributed by atoms with E-state index in [1.165, 1.54) is 11.1 Å². The van der Waals surface area contributed by atoms with E-state index >= 15 is 0 Å². The van der Waals surface area contributed by atoms with Gasteiger partial charge in [0.05, 0.1) is 0 Å². The van der Waals surface area contributed by atoms with Crippen LogP contribution in [-0.2, 0) is 5.41 Å². The van der Waals surface area contributed by atoms with E-state index in [1.807, 2.05) is 18.8 Å². The average molecular weight is 293 g/mol. The van der Waals surface area contributed by atoms with Gasteiger partial charge < -0.3 is 10.6 Å². The van der Waals surface area contributed by atoms with Crippen LogP contribution >= 0.6 is 11.8 Å². The summed E-state index contributed by atoms with van der Waals surface area (Å²) < 4.78 is 0. The average Bonchev–Trinajstić information content (AvgIpc) is 2.42. The SMILES string of the molecule is CN=C(NCCSC)NCC(C)(C)c1cccc(C)c1. The molecular weight excluding hydrogens is 266 g/mol. The van der Waals surface area contributed by atoms with Gasteiger partial charge in [0.2, 0.25) is 0 Å². The van der Waals surface area contributed by atoms with E-state index in [0.29, 0.717) is 0 Å². The van der Waals surface area contributed by atoms with Gasteiger partial charge in [-0.3, -0.25) is 4.99 Å². The lowest BCUT2D eigenvalue weighted by atomic mass is 9.84. The second-order valence-electron chi connectivity index (χ2n) is 5.60. The van der Waals surface area contributed by atoms with Crippen LogP contribution in [0.5, 0.6) is 0 Å².